The standard InChI is InChI=1S/C32H38BN3O4/c1-20(2)29-27-17-22(21-10-9-11-24(16-21)33-39-31(3,4)32(5,6)40-33)13-15-26(27)30(36-35-29)34-19-23-12-14-25(37-7)18-28(23)38-8/h9-18,20H,19H2,1-8H3,(H,34,36). The first kappa shape index (κ1) is 27.9. The summed E-state index contributed by atoms with van der Waals surface area (Å²) in [6.45, 7) is 13.1. The molecule has 0 aliphatic carbocycles. The average Bonchev–Trinajstić information content (AvgIpc) is 3.17. The second-order valence-corrected chi connectivity index (χ2v) is 11.6. The molecule has 40 heavy (non-hydrogen) atoms. The summed E-state index contributed by atoms with van der Waals surface area (Å²) in [7, 11) is 2.90. The second kappa shape index (κ2) is 10.7. The molecule has 0 spiro atoms. The van der Waals surface area contributed by atoms with Gasteiger partial charge in [-0.15, -0.1) is 5.10 Å². The van der Waals surface area contributed by atoms with E-state index in [0.717, 1.165) is 55.9 Å². The van der Waals surface area contributed by atoms with Crippen molar-refractivity contribution in [1.82, 2.24) is 10.2 Å². The van der Waals surface area contributed by atoms with E-state index < -0.39 is 7.12 Å². The molecular formula is C32H38BN3O4. The largest absolute Gasteiger partial charge is 0.497 e. The maximum atomic E-state index is 6.31. The minimum atomic E-state index is -0.409. The third-order valence-corrected chi connectivity index (χ3v) is 8.04. The maximum Gasteiger partial charge on any atom is 0.494 e. The smallest absolute Gasteiger partial charge is 0.494 e. The maximum absolute atomic E-state index is 6.31. The van der Waals surface area contributed by atoms with Crippen molar-refractivity contribution in [3.05, 3.63) is 71.9 Å². The van der Waals surface area contributed by atoms with Gasteiger partial charge in [-0.1, -0.05) is 44.2 Å². The number of anilines is 1. The molecule has 0 amide bonds. The highest BCUT2D eigenvalue weighted by molar-refractivity contribution is 6.62. The predicted octanol–water partition coefficient (Wildman–Crippen LogP) is 6.35. The highest BCUT2D eigenvalue weighted by Gasteiger charge is 2.51. The molecule has 2 heterocycles. The third kappa shape index (κ3) is 5.26. The van der Waals surface area contributed by atoms with Crippen molar-refractivity contribution in [2.24, 2.45) is 0 Å². The number of ether oxygens (including phenoxy) is 2. The number of rotatable bonds is 8. The molecule has 0 atom stereocenters. The van der Waals surface area contributed by atoms with Gasteiger partial charge in [0, 0.05) is 28.9 Å². The van der Waals surface area contributed by atoms with Crippen LogP contribution >= 0.6 is 0 Å². The van der Waals surface area contributed by atoms with Crippen LogP contribution in [-0.4, -0.2) is 42.7 Å². The number of hydrogen-bond donors (Lipinski definition) is 1. The molecule has 7 nitrogen and oxygen atoms in total. The summed E-state index contributed by atoms with van der Waals surface area (Å²) in [5.41, 5.74) is 4.39. The van der Waals surface area contributed by atoms with E-state index >= 15 is 0 Å². The Balaban J connectivity index is 1.48. The Bertz CT molecular complexity index is 1520. The minimum absolute atomic E-state index is 0.220. The molecule has 1 aliphatic rings. The summed E-state index contributed by atoms with van der Waals surface area (Å²) < 4.78 is 23.5. The van der Waals surface area contributed by atoms with Gasteiger partial charge < -0.3 is 24.1 Å². The molecule has 0 bridgehead atoms. The van der Waals surface area contributed by atoms with Crippen molar-refractivity contribution < 1.29 is 18.8 Å². The quantitative estimate of drug-likeness (QED) is 0.262. The van der Waals surface area contributed by atoms with Crippen LogP contribution in [-0.2, 0) is 15.9 Å². The highest BCUT2D eigenvalue weighted by Crippen LogP contribution is 2.37. The van der Waals surface area contributed by atoms with Crippen LogP contribution in [0.5, 0.6) is 11.5 Å². The molecule has 1 aliphatic heterocycles. The summed E-state index contributed by atoms with van der Waals surface area (Å²) in [6, 6.07) is 20.7. The van der Waals surface area contributed by atoms with E-state index in [4.69, 9.17) is 18.8 Å². The van der Waals surface area contributed by atoms with Crippen LogP contribution in [0.3, 0.4) is 0 Å². The lowest BCUT2D eigenvalue weighted by atomic mass is 9.78. The Morgan fingerprint density at radius 1 is 0.825 bits per heavy atom. The van der Waals surface area contributed by atoms with Gasteiger partial charge >= 0.3 is 7.12 Å². The zero-order chi connectivity index (χ0) is 28.7. The highest BCUT2D eigenvalue weighted by atomic mass is 16.7. The third-order valence-electron chi connectivity index (χ3n) is 8.04. The van der Waals surface area contributed by atoms with Crippen LogP contribution in [0.1, 0.15) is 58.7 Å². The van der Waals surface area contributed by atoms with E-state index in [2.05, 4.69) is 99.5 Å². The molecule has 4 aromatic rings. The topological polar surface area (TPSA) is 74.7 Å². The zero-order valence-corrected chi connectivity index (χ0v) is 24.7. The van der Waals surface area contributed by atoms with Gasteiger partial charge in [-0.2, -0.15) is 5.10 Å². The first-order valence-corrected chi connectivity index (χ1v) is 13.7. The Morgan fingerprint density at radius 2 is 1.55 bits per heavy atom. The van der Waals surface area contributed by atoms with Gasteiger partial charge in [0.25, 0.3) is 0 Å². The number of nitrogens with one attached hydrogen (secondary N) is 1. The van der Waals surface area contributed by atoms with Gasteiger partial charge in [0.05, 0.1) is 31.1 Å². The molecule has 5 rings (SSSR count). The Morgan fingerprint density at radius 3 is 2.23 bits per heavy atom. The molecule has 0 unspecified atom stereocenters. The number of fused-ring (bicyclic) bond motifs is 1. The Hall–Kier alpha value is -3.62. The van der Waals surface area contributed by atoms with Crippen molar-refractivity contribution >= 4 is 29.2 Å². The molecule has 3 aromatic carbocycles. The zero-order valence-electron chi connectivity index (χ0n) is 24.7. The van der Waals surface area contributed by atoms with Crippen LogP contribution in [0.15, 0.2) is 60.7 Å². The fourth-order valence-corrected chi connectivity index (χ4v) is 4.93. The van der Waals surface area contributed by atoms with Crippen LogP contribution in [0.25, 0.3) is 21.9 Å². The number of hydrogen-bond acceptors (Lipinski definition) is 7. The molecule has 1 fully saturated rings. The summed E-state index contributed by atoms with van der Waals surface area (Å²) in [5.74, 6) is 2.46. The fourth-order valence-electron chi connectivity index (χ4n) is 4.93. The summed E-state index contributed by atoms with van der Waals surface area (Å²) in [5, 5.41) is 14.8. The minimum Gasteiger partial charge on any atom is -0.497 e. The van der Waals surface area contributed by atoms with Gasteiger partial charge in [0.2, 0.25) is 0 Å². The van der Waals surface area contributed by atoms with E-state index in [9.17, 15) is 0 Å². The van der Waals surface area contributed by atoms with Gasteiger partial charge in [-0.25, -0.2) is 0 Å². The molecule has 1 N–H and O–H groups in total. The second-order valence-electron chi connectivity index (χ2n) is 11.6. The van der Waals surface area contributed by atoms with E-state index in [1.165, 1.54) is 0 Å². The molecule has 8 heteroatoms. The van der Waals surface area contributed by atoms with Crippen molar-refractivity contribution in [3.8, 4) is 22.6 Å². The Labute approximate surface area is 237 Å². The average molecular weight is 539 g/mol. The van der Waals surface area contributed by atoms with Gasteiger partial charge in [-0.05, 0) is 74.5 Å². The van der Waals surface area contributed by atoms with E-state index in [1.807, 2.05) is 18.2 Å². The van der Waals surface area contributed by atoms with E-state index in [-0.39, 0.29) is 17.1 Å². The Kier molecular flexibility index (Phi) is 7.51. The molecule has 0 radical (unpaired) electrons. The van der Waals surface area contributed by atoms with Crippen LogP contribution < -0.4 is 20.3 Å². The van der Waals surface area contributed by atoms with Crippen molar-refractivity contribution in [1.29, 1.82) is 0 Å². The first-order chi connectivity index (χ1) is 19.0. The number of benzene rings is 3. The fraction of sp³-hybridized carbons (Fsp3) is 0.375. The summed E-state index contributed by atoms with van der Waals surface area (Å²) in [4.78, 5) is 0. The lowest BCUT2D eigenvalue weighted by Crippen LogP contribution is -2.41. The number of aromatic nitrogens is 2. The molecule has 208 valence electrons. The SMILES string of the molecule is COc1ccc(CNc2nnc(C(C)C)c3cc(-c4cccc(B5OC(C)(C)C(C)(C)O5)c4)ccc23)c(OC)c1. The van der Waals surface area contributed by atoms with Crippen molar-refractivity contribution in [3.63, 3.8) is 0 Å². The lowest BCUT2D eigenvalue weighted by Gasteiger charge is -2.32. The van der Waals surface area contributed by atoms with Gasteiger partial charge in [0.1, 0.15) is 11.5 Å². The lowest BCUT2D eigenvalue weighted by molar-refractivity contribution is 0.00578. The van der Waals surface area contributed by atoms with Gasteiger partial charge in [0.15, 0.2) is 5.82 Å². The van der Waals surface area contributed by atoms with Gasteiger partial charge in [-0.3, -0.25) is 0 Å². The predicted molar refractivity (Wildman–Crippen MR) is 162 cm³/mol. The molecule has 1 saturated heterocycles. The summed E-state index contributed by atoms with van der Waals surface area (Å²) >= 11 is 0. The van der Waals surface area contributed by atoms with Crippen molar-refractivity contribution in [2.45, 2.75) is 65.2 Å². The molecule has 1 aromatic heterocycles. The number of methoxy groups -OCH3 is 2. The summed E-state index contributed by atoms with van der Waals surface area (Å²) in [6.07, 6.45) is 0. The van der Waals surface area contributed by atoms with Crippen LogP contribution in [0.4, 0.5) is 5.82 Å². The molecule has 0 saturated carbocycles. The number of nitrogens with zero attached hydrogens (tertiary/aromatic N) is 2. The van der Waals surface area contributed by atoms with Crippen LogP contribution in [0.2, 0.25) is 0 Å². The first-order valence-electron chi connectivity index (χ1n) is 13.7. The normalized spacial score (nSPS) is 16.0. The monoisotopic (exact) mass is 539 g/mol. The van der Waals surface area contributed by atoms with E-state index in [1.54, 1.807) is 14.2 Å². The van der Waals surface area contributed by atoms with Crippen molar-refractivity contribution in [2.75, 3.05) is 19.5 Å². The molecular weight excluding hydrogens is 501 g/mol. The van der Waals surface area contributed by atoms with Crippen LogP contribution in [0, 0.1) is 0 Å². The van der Waals surface area contributed by atoms with E-state index in [0.29, 0.717) is 6.54 Å².